The molecule has 0 fully saturated rings. The lowest BCUT2D eigenvalue weighted by molar-refractivity contribution is 0.103. The molecule has 1 aromatic carbocycles. The van der Waals surface area contributed by atoms with E-state index in [9.17, 15) is 4.79 Å². The third kappa shape index (κ3) is 2.52. The number of ether oxygens (including phenoxy) is 2. The molecule has 0 unspecified atom stereocenters. The van der Waals surface area contributed by atoms with Crippen LogP contribution >= 0.6 is 11.3 Å². The second kappa shape index (κ2) is 6.01. The maximum Gasteiger partial charge on any atom is 0.265 e. The number of carbonyl (C=O) groups excluding carboxylic acids is 1. The highest BCUT2D eigenvalue weighted by Gasteiger charge is 2.20. The van der Waals surface area contributed by atoms with E-state index in [4.69, 9.17) is 9.47 Å². The number of hydrogen-bond acceptors (Lipinski definition) is 5. The van der Waals surface area contributed by atoms with E-state index in [1.54, 1.807) is 6.07 Å². The predicted octanol–water partition coefficient (Wildman–Crippen LogP) is 3.68. The minimum absolute atomic E-state index is 0.136. The number of amides is 1. The van der Waals surface area contributed by atoms with Gasteiger partial charge in [0.2, 0.25) is 6.79 Å². The summed E-state index contributed by atoms with van der Waals surface area (Å²) >= 11 is 1.41. The van der Waals surface area contributed by atoms with E-state index in [2.05, 4.69) is 15.5 Å². The van der Waals surface area contributed by atoms with Crippen molar-refractivity contribution < 1.29 is 14.3 Å². The van der Waals surface area contributed by atoms with Gasteiger partial charge in [0, 0.05) is 5.56 Å². The van der Waals surface area contributed by atoms with Gasteiger partial charge in [0.1, 0.15) is 5.69 Å². The lowest BCUT2D eigenvalue weighted by Gasteiger charge is -2.07. The molecule has 0 radical (unpaired) electrons. The maximum atomic E-state index is 12.4. The molecule has 1 aliphatic heterocycles. The Morgan fingerprint density at radius 2 is 2.21 bits per heavy atom. The van der Waals surface area contributed by atoms with Crippen LogP contribution in [0.3, 0.4) is 0 Å². The van der Waals surface area contributed by atoms with E-state index >= 15 is 0 Å². The number of thiophene rings is 1. The minimum Gasteiger partial charge on any atom is -0.454 e. The van der Waals surface area contributed by atoms with Crippen molar-refractivity contribution in [3.05, 3.63) is 46.3 Å². The second-order valence-corrected chi connectivity index (χ2v) is 6.23. The SMILES string of the molecule is CCc1[nH]nc(-c2ccc3c(c2)OCO3)c1NC(=O)c1cccs1. The van der Waals surface area contributed by atoms with Crippen LogP contribution in [-0.4, -0.2) is 22.9 Å². The Kier molecular flexibility index (Phi) is 3.70. The topological polar surface area (TPSA) is 76.2 Å². The molecule has 3 aromatic rings. The summed E-state index contributed by atoms with van der Waals surface area (Å²) in [6.45, 7) is 2.24. The summed E-state index contributed by atoms with van der Waals surface area (Å²) in [6.07, 6.45) is 0.734. The first-order valence-electron chi connectivity index (χ1n) is 7.58. The summed E-state index contributed by atoms with van der Waals surface area (Å²) in [5.74, 6) is 1.27. The Bertz CT molecular complexity index is 887. The fourth-order valence-electron chi connectivity index (χ4n) is 2.60. The van der Waals surface area contributed by atoms with Crippen LogP contribution in [0.2, 0.25) is 0 Å². The van der Waals surface area contributed by atoms with Gasteiger partial charge < -0.3 is 14.8 Å². The molecule has 3 heterocycles. The van der Waals surface area contributed by atoms with Crippen molar-refractivity contribution in [1.82, 2.24) is 10.2 Å². The van der Waals surface area contributed by atoms with Crippen LogP contribution in [0.25, 0.3) is 11.3 Å². The zero-order valence-corrected chi connectivity index (χ0v) is 13.8. The Balaban J connectivity index is 1.71. The number of aromatic nitrogens is 2. The number of aromatic amines is 1. The molecular weight excluding hydrogens is 326 g/mol. The average molecular weight is 341 g/mol. The van der Waals surface area contributed by atoms with Gasteiger partial charge in [-0.2, -0.15) is 5.10 Å². The number of hydrogen-bond donors (Lipinski definition) is 2. The molecule has 0 saturated carbocycles. The zero-order chi connectivity index (χ0) is 16.5. The zero-order valence-electron chi connectivity index (χ0n) is 13.0. The quantitative estimate of drug-likeness (QED) is 0.759. The standard InChI is InChI=1S/C17H15N3O3S/c1-2-11-16(18-17(21)14-4-3-7-24-14)15(20-19-11)10-5-6-12-13(8-10)23-9-22-12/h3-8H,2,9H2,1H3,(H,18,21)(H,19,20). The van der Waals surface area contributed by atoms with E-state index in [-0.39, 0.29) is 12.7 Å². The van der Waals surface area contributed by atoms with Gasteiger partial charge in [0.05, 0.1) is 16.3 Å². The average Bonchev–Trinajstić information content (AvgIpc) is 3.34. The van der Waals surface area contributed by atoms with E-state index in [0.29, 0.717) is 27.8 Å². The molecule has 122 valence electrons. The van der Waals surface area contributed by atoms with Crippen molar-refractivity contribution in [3.8, 4) is 22.8 Å². The fourth-order valence-corrected chi connectivity index (χ4v) is 3.22. The van der Waals surface area contributed by atoms with Crippen molar-refractivity contribution in [2.75, 3.05) is 12.1 Å². The van der Waals surface area contributed by atoms with Crippen molar-refractivity contribution >= 4 is 22.9 Å². The first kappa shape index (κ1) is 14.8. The van der Waals surface area contributed by atoms with Crippen LogP contribution in [0.1, 0.15) is 22.3 Å². The second-order valence-electron chi connectivity index (χ2n) is 5.28. The highest BCUT2D eigenvalue weighted by Crippen LogP contribution is 2.38. The van der Waals surface area contributed by atoms with Crippen LogP contribution in [0.4, 0.5) is 5.69 Å². The first-order chi connectivity index (χ1) is 11.8. The maximum absolute atomic E-state index is 12.4. The van der Waals surface area contributed by atoms with Crippen LogP contribution in [0.5, 0.6) is 11.5 Å². The van der Waals surface area contributed by atoms with Gasteiger partial charge in [-0.15, -0.1) is 11.3 Å². The summed E-state index contributed by atoms with van der Waals surface area (Å²) in [5.41, 5.74) is 3.13. The Morgan fingerprint density at radius 1 is 1.33 bits per heavy atom. The number of benzene rings is 1. The normalized spacial score (nSPS) is 12.4. The molecule has 0 atom stereocenters. The molecule has 6 nitrogen and oxygen atoms in total. The van der Waals surface area contributed by atoms with Crippen LogP contribution < -0.4 is 14.8 Å². The van der Waals surface area contributed by atoms with Gasteiger partial charge >= 0.3 is 0 Å². The third-order valence-corrected chi connectivity index (χ3v) is 4.69. The number of nitrogens with one attached hydrogen (secondary N) is 2. The summed E-state index contributed by atoms with van der Waals surface area (Å²) in [4.78, 5) is 13.1. The summed E-state index contributed by atoms with van der Waals surface area (Å²) < 4.78 is 10.8. The van der Waals surface area contributed by atoms with Crippen molar-refractivity contribution in [2.45, 2.75) is 13.3 Å². The smallest absolute Gasteiger partial charge is 0.265 e. The largest absolute Gasteiger partial charge is 0.454 e. The molecule has 2 aromatic heterocycles. The molecule has 0 spiro atoms. The summed E-state index contributed by atoms with van der Waals surface area (Å²) in [6, 6.07) is 9.28. The first-order valence-corrected chi connectivity index (χ1v) is 8.46. The number of fused-ring (bicyclic) bond motifs is 1. The number of aryl methyl sites for hydroxylation is 1. The molecule has 0 saturated heterocycles. The number of rotatable bonds is 4. The number of nitrogens with zero attached hydrogens (tertiary/aromatic N) is 1. The predicted molar refractivity (Wildman–Crippen MR) is 91.8 cm³/mol. The molecule has 24 heavy (non-hydrogen) atoms. The minimum atomic E-state index is -0.136. The van der Waals surface area contributed by atoms with Crippen molar-refractivity contribution in [1.29, 1.82) is 0 Å². The molecule has 0 aliphatic carbocycles. The lowest BCUT2D eigenvalue weighted by Crippen LogP contribution is -2.11. The molecule has 2 N–H and O–H groups in total. The van der Waals surface area contributed by atoms with Gasteiger partial charge in [-0.3, -0.25) is 9.89 Å². The Morgan fingerprint density at radius 3 is 3.00 bits per heavy atom. The number of carbonyl (C=O) groups is 1. The fraction of sp³-hybridized carbons (Fsp3) is 0.176. The molecule has 1 aliphatic rings. The molecular formula is C17H15N3O3S. The van der Waals surface area contributed by atoms with E-state index < -0.39 is 0 Å². The molecule has 7 heteroatoms. The summed E-state index contributed by atoms with van der Waals surface area (Å²) in [7, 11) is 0. The van der Waals surface area contributed by atoms with Crippen LogP contribution in [0, 0.1) is 0 Å². The van der Waals surface area contributed by atoms with Gasteiger partial charge in [-0.1, -0.05) is 13.0 Å². The van der Waals surface area contributed by atoms with Crippen LogP contribution in [-0.2, 0) is 6.42 Å². The number of H-pyrrole nitrogens is 1. The summed E-state index contributed by atoms with van der Waals surface area (Å²) in [5, 5.41) is 12.3. The highest BCUT2D eigenvalue weighted by molar-refractivity contribution is 7.12. The van der Waals surface area contributed by atoms with Gasteiger partial charge in [-0.25, -0.2) is 0 Å². The lowest BCUT2D eigenvalue weighted by atomic mass is 10.1. The van der Waals surface area contributed by atoms with Crippen molar-refractivity contribution in [3.63, 3.8) is 0 Å². The molecule has 0 bridgehead atoms. The monoisotopic (exact) mass is 341 g/mol. The van der Waals surface area contributed by atoms with E-state index in [0.717, 1.165) is 17.7 Å². The third-order valence-electron chi connectivity index (χ3n) is 3.82. The Hall–Kier alpha value is -2.80. The van der Waals surface area contributed by atoms with E-state index in [1.807, 2.05) is 36.6 Å². The van der Waals surface area contributed by atoms with Gasteiger partial charge in [0.15, 0.2) is 11.5 Å². The van der Waals surface area contributed by atoms with Gasteiger partial charge in [0.25, 0.3) is 5.91 Å². The molecule has 4 rings (SSSR count). The Labute approximate surface area is 142 Å². The molecule has 1 amide bonds. The highest BCUT2D eigenvalue weighted by atomic mass is 32.1. The number of anilines is 1. The van der Waals surface area contributed by atoms with Gasteiger partial charge in [-0.05, 0) is 36.1 Å². The van der Waals surface area contributed by atoms with Crippen LogP contribution in [0.15, 0.2) is 35.7 Å². The van der Waals surface area contributed by atoms with Crippen molar-refractivity contribution in [2.24, 2.45) is 0 Å². The van der Waals surface area contributed by atoms with E-state index in [1.165, 1.54) is 11.3 Å².